The predicted octanol–water partition coefficient (Wildman–Crippen LogP) is 5.31. The maximum Gasteiger partial charge on any atom is 0.303 e. The summed E-state index contributed by atoms with van der Waals surface area (Å²) in [5, 5.41) is 24.7. The number of rotatable bonds is 6. The van der Waals surface area contributed by atoms with Crippen molar-refractivity contribution in [3.05, 3.63) is 76.1 Å². The molecule has 1 saturated carbocycles. The van der Waals surface area contributed by atoms with Crippen LogP contribution in [0.25, 0.3) is 21.8 Å². The van der Waals surface area contributed by atoms with E-state index in [0.29, 0.717) is 31.7 Å². The minimum Gasteiger partial charge on any atom is -0.496 e. The van der Waals surface area contributed by atoms with E-state index in [-0.39, 0.29) is 42.4 Å². The van der Waals surface area contributed by atoms with Crippen molar-refractivity contribution < 1.29 is 34.0 Å². The maximum atomic E-state index is 13.0. The smallest absolute Gasteiger partial charge is 0.303 e. The molecule has 10 rings (SSSR count). The normalized spacial score (nSPS) is 34.0. The largest absolute Gasteiger partial charge is 0.496 e. The fourth-order valence-electron chi connectivity index (χ4n) is 12.2. The van der Waals surface area contributed by atoms with E-state index in [2.05, 4.69) is 63.2 Å². The molecule has 4 aliphatic heterocycles. The summed E-state index contributed by atoms with van der Waals surface area (Å²) >= 11 is 0. The monoisotopic (exact) mass is 750 g/mol. The number of H-pyrrole nitrogens is 2. The molecule has 6 heterocycles. The zero-order chi connectivity index (χ0) is 38.6. The van der Waals surface area contributed by atoms with Crippen LogP contribution in [0.2, 0.25) is 0 Å². The number of aromatic nitrogens is 2. The lowest BCUT2D eigenvalue weighted by Gasteiger charge is -2.58. The maximum absolute atomic E-state index is 13.0. The van der Waals surface area contributed by atoms with Crippen LogP contribution in [0.3, 0.4) is 0 Å². The number of esters is 2. The molecule has 0 radical (unpaired) electrons. The molecule has 4 aromatic rings. The van der Waals surface area contributed by atoms with Crippen LogP contribution in [-0.2, 0) is 37.5 Å². The molecule has 6 bridgehead atoms. The number of nitrogens with one attached hydrogen (secondary N) is 2. The summed E-state index contributed by atoms with van der Waals surface area (Å²) in [5.74, 6) is -0.216. The first-order valence-corrected chi connectivity index (χ1v) is 20.0. The highest BCUT2D eigenvalue weighted by Gasteiger charge is 2.62. The average Bonchev–Trinajstić information content (AvgIpc) is 3.68. The number of likely N-dealkylation sites (N-methyl/N-ethyl adjacent to an activating group) is 1. The number of hydrogen-bond donors (Lipinski definition) is 4. The number of para-hydroxylation sites is 1. The predicted molar refractivity (Wildman–Crippen MR) is 209 cm³/mol. The number of benzene rings is 2. The van der Waals surface area contributed by atoms with Crippen LogP contribution in [0, 0.1) is 17.8 Å². The van der Waals surface area contributed by atoms with E-state index >= 15 is 0 Å². The lowest BCUT2D eigenvalue weighted by molar-refractivity contribution is -0.208. The van der Waals surface area contributed by atoms with E-state index in [9.17, 15) is 19.8 Å². The molecule has 2 aromatic heterocycles. The van der Waals surface area contributed by atoms with Crippen LogP contribution >= 0.6 is 0 Å². The number of carbonyl (C=O) groups excluding carboxylic acids is 2. The SMILES string of the molecule is CC=C1CN(C)C2Cc3c([nH]c4ccccc34)C(c3cc4c5c([nH]c4cc3OC)C3(OC(C)=O)CC4CC(C(C)O)C3N(CC5)C4)CC1C2(CO)OC(C)=O. The van der Waals surface area contributed by atoms with Gasteiger partial charge in [-0.2, -0.15) is 0 Å². The Bertz CT molecular complexity index is 2220. The summed E-state index contributed by atoms with van der Waals surface area (Å²) in [4.78, 5) is 38.3. The van der Waals surface area contributed by atoms with E-state index in [1.807, 2.05) is 19.9 Å². The number of carbonyl (C=O) groups is 2. The molecular formula is C44H54N4O7. The van der Waals surface area contributed by atoms with Crippen LogP contribution in [0.5, 0.6) is 5.75 Å². The highest BCUT2D eigenvalue weighted by molar-refractivity contribution is 5.89. The summed E-state index contributed by atoms with van der Waals surface area (Å²) in [6.45, 7) is 8.96. The van der Waals surface area contributed by atoms with E-state index in [1.54, 1.807) is 7.11 Å². The Hall–Kier alpha value is -4.16. The molecule has 11 nitrogen and oxygen atoms in total. The molecule has 55 heavy (non-hydrogen) atoms. The summed E-state index contributed by atoms with van der Waals surface area (Å²) in [5.41, 5.74) is 6.33. The molecule has 2 aromatic carbocycles. The van der Waals surface area contributed by atoms with Gasteiger partial charge in [0, 0.05) is 90.4 Å². The number of fused-ring (bicyclic) bond motifs is 9. The molecule has 6 aliphatic rings. The average molecular weight is 751 g/mol. The molecule has 11 heteroatoms. The zero-order valence-corrected chi connectivity index (χ0v) is 32.8. The first-order chi connectivity index (χ1) is 26.4. The number of hydrogen-bond acceptors (Lipinski definition) is 9. The van der Waals surface area contributed by atoms with Crippen molar-refractivity contribution in [1.29, 1.82) is 0 Å². The van der Waals surface area contributed by atoms with Crippen molar-refractivity contribution in [3.63, 3.8) is 0 Å². The van der Waals surface area contributed by atoms with Crippen molar-refractivity contribution >= 4 is 33.7 Å². The van der Waals surface area contributed by atoms with Gasteiger partial charge in [0.15, 0.2) is 11.2 Å². The van der Waals surface area contributed by atoms with Crippen molar-refractivity contribution in [1.82, 2.24) is 19.8 Å². The van der Waals surface area contributed by atoms with Gasteiger partial charge in [0.25, 0.3) is 0 Å². The van der Waals surface area contributed by atoms with Gasteiger partial charge >= 0.3 is 11.9 Å². The minimum atomic E-state index is -1.17. The van der Waals surface area contributed by atoms with Gasteiger partial charge in [-0.3, -0.25) is 19.4 Å². The number of methoxy groups -OCH3 is 1. The molecule has 292 valence electrons. The van der Waals surface area contributed by atoms with Gasteiger partial charge in [-0.05, 0) is 82.2 Å². The van der Waals surface area contributed by atoms with Crippen molar-refractivity contribution in [3.8, 4) is 5.75 Å². The van der Waals surface area contributed by atoms with Crippen LogP contribution in [-0.4, -0.2) is 106 Å². The van der Waals surface area contributed by atoms with Gasteiger partial charge in [-0.15, -0.1) is 0 Å². The van der Waals surface area contributed by atoms with E-state index < -0.39 is 23.3 Å². The third-order valence-electron chi connectivity index (χ3n) is 14.2. The number of aromatic amines is 2. The lowest BCUT2D eigenvalue weighted by atomic mass is 9.62. The van der Waals surface area contributed by atoms with Gasteiger partial charge < -0.3 is 34.4 Å². The molecule has 4 fully saturated rings. The highest BCUT2D eigenvalue weighted by Crippen LogP contribution is 2.57. The molecule has 10 unspecified atom stereocenters. The second kappa shape index (κ2) is 13.2. The number of aliphatic hydroxyl groups is 2. The van der Waals surface area contributed by atoms with Crippen molar-refractivity contribution in [2.75, 3.05) is 40.4 Å². The second-order valence-electron chi connectivity index (χ2n) is 17.1. The lowest BCUT2D eigenvalue weighted by Crippen LogP contribution is -2.67. The quantitative estimate of drug-likeness (QED) is 0.153. The van der Waals surface area contributed by atoms with E-state index in [4.69, 9.17) is 14.2 Å². The second-order valence-corrected chi connectivity index (χ2v) is 17.1. The molecule has 0 amide bonds. The van der Waals surface area contributed by atoms with Crippen LogP contribution in [0.1, 0.15) is 81.0 Å². The molecular weight excluding hydrogens is 697 g/mol. The Kier molecular flexibility index (Phi) is 8.77. The molecule has 3 saturated heterocycles. The number of likely N-dealkylation sites (tertiary alicyclic amines) is 1. The Morgan fingerprint density at radius 1 is 1.05 bits per heavy atom. The fourth-order valence-corrected chi connectivity index (χ4v) is 12.2. The minimum absolute atomic E-state index is 0.0205. The molecule has 2 aliphatic carbocycles. The number of nitrogens with zero attached hydrogens (tertiary/aromatic N) is 2. The molecule has 0 spiro atoms. The summed E-state index contributed by atoms with van der Waals surface area (Å²) in [6.07, 6.45) is 5.12. The number of allylic oxidation sites excluding steroid dienone is 1. The third kappa shape index (κ3) is 5.36. The summed E-state index contributed by atoms with van der Waals surface area (Å²) < 4.78 is 19.2. The highest BCUT2D eigenvalue weighted by atomic mass is 16.6. The first kappa shape index (κ1) is 36.5. The van der Waals surface area contributed by atoms with E-state index in [1.165, 1.54) is 13.8 Å². The Balaban J connectivity index is 1.28. The number of ether oxygens (including phenoxy) is 3. The van der Waals surface area contributed by atoms with Crippen LogP contribution < -0.4 is 4.74 Å². The van der Waals surface area contributed by atoms with Crippen LogP contribution in [0.15, 0.2) is 48.0 Å². The van der Waals surface area contributed by atoms with Gasteiger partial charge in [-0.25, -0.2) is 0 Å². The van der Waals surface area contributed by atoms with Gasteiger partial charge in [-0.1, -0.05) is 29.8 Å². The number of aliphatic hydroxyl groups excluding tert-OH is 2. The summed E-state index contributed by atoms with van der Waals surface area (Å²) in [6, 6.07) is 12.3. The fraction of sp³-hybridized carbons (Fsp3) is 0.545. The Labute approximate surface area is 322 Å². The van der Waals surface area contributed by atoms with Gasteiger partial charge in [0.05, 0.1) is 37.6 Å². The van der Waals surface area contributed by atoms with Gasteiger partial charge in [0.1, 0.15) is 5.75 Å². The van der Waals surface area contributed by atoms with Crippen molar-refractivity contribution in [2.24, 2.45) is 17.8 Å². The first-order valence-electron chi connectivity index (χ1n) is 20.0. The third-order valence-corrected chi connectivity index (χ3v) is 14.2. The zero-order valence-electron chi connectivity index (χ0n) is 32.8. The van der Waals surface area contributed by atoms with E-state index in [0.717, 1.165) is 87.1 Å². The van der Waals surface area contributed by atoms with Crippen LogP contribution in [0.4, 0.5) is 0 Å². The standard InChI is InChI=1S/C44H54N4O7/c1-7-27-21-47(5)39-17-34-28-10-8-9-11-36(28)45-40(34)33(16-35(27)44(39,22-49)55-25(4)52)32-15-31-29-12-13-48-20-26-14-30(23(2)50)42(48)43(19-26,54-24(3)51)41(29)46-37(31)18-38(32)53-6/h7-11,15,18,23,26,30,33,35,39,42,45-46,49-50H,12-14,16-17,19-22H2,1-6H3. The molecule has 10 atom stereocenters. The van der Waals surface area contributed by atoms with Gasteiger partial charge in [0.2, 0.25) is 0 Å². The van der Waals surface area contributed by atoms with Crippen molar-refractivity contribution in [2.45, 2.75) is 95.1 Å². The molecule has 4 N–H and O–H groups in total. The topological polar surface area (TPSA) is 140 Å². The number of piperidine rings is 3. The Morgan fingerprint density at radius 2 is 1.84 bits per heavy atom. The summed E-state index contributed by atoms with van der Waals surface area (Å²) in [7, 11) is 3.77. The Morgan fingerprint density at radius 3 is 2.55 bits per heavy atom.